The van der Waals surface area contributed by atoms with Gasteiger partial charge in [0.15, 0.2) is 0 Å². The van der Waals surface area contributed by atoms with E-state index in [0.717, 1.165) is 32.2 Å². The van der Waals surface area contributed by atoms with E-state index in [1.807, 2.05) is 0 Å². The molecule has 1 N–H and O–H groups in total. The van der Waals surface area contributed by atoms with Gasteiger partial charge in [-0.05, 0) is 38.1 Å². The third kappa shape index (κ3) is 3.05. The number of nitrogens with zero attached hydrogens (tertiary/aromatic N) is 1. The van der Waals surface area contributed by atoms with E-state index < -0.39 is 0 Å². The fraction of sp³-hybridized carbons (Fsp3) is 1.00. The maximum atomic E-state index is 5.98. The lowest BCUT2D eigenvalue weighted by Crippen LogP contribution is -2.51. The highest BCUT2D eigenvalue weighted by molar-refractivity contribution is 4.89. The molecule has 0 amide bonds. The molecule has 3 fully saturated rings. The van der Waals surface area contributed by atoms with Crippen LogP contribution in [-0.2, 0) is 9.47 Å². The number of morpholine rings is 1. The summed E-state index contributed by atoms with van der Waals surface area (Å²) < 4.78 is 11.3. The second-order valence-electron chi connectivity index (χ2n) is 6.05. The lowest BCUT2D eigenvalue weighted by atomic mass is 10.1. The summed E-state index contributed by atoms with van der Waals surface area (Å²) in [5.74, 6) is 0.841. The molecular formula is C14H26N2O2. The molecule has 3 atom stereocenters. The maximum absolute atomic E-state index is 5.98. The molecule has 1 saturated carbocycles. The molecule has 104 valence electrons. The highest BCUT2D eigenvalue weighted by atomic mass is 16.5. The van der Waals surface area contributed by atoms with E-state index in [2.05, 4.69) is 10.2 Å². The summed E-state index contributed by atoms with van der Waals surface area (Å²) in [5.41, 5.74) is 0. The predicted octanol–water partition coefficient (Wildman–Crippen LogP) is 0.864. The standard InChI is InChI=1S/C14H26N2O2/c1-17-10-14(11-4-5-11)15-7-13-8-16-6-2-3-12(16)9-18-13/h11-15H,2-10H2,1H3. The number of methoxy groups -OCH3 is 1. The van der Waals surface area contributed by atoms with Gasteiger partial charge in [-0.15, -0.1) is 0 Å². The lowest BCUT2D eigenvalue weighted by Gasteiger charge is -2.36. The lowest BCUT2D eigenvalue weighted by molar-refractivity contribution is -0.0488. The van der Waals surface area contributed by atoms with Gasteiger partial charge in [-0.3, -0.25) is 4.90 Å². The summed E-state index contributed by atoms with van der Waals surface area (Å²) in [5, 5.41) is 3.66. The summed E-state index contributed by atoms with van der Waals surface area (Å²) in [6.45, 7) is 5.14. The quantitative estimate of drug-likeness (QED) is 0.762. The van der Waals surface area contributed by atoms with E-state index in [9.17, 15) is 0 Å². The molecule has 0 aromatic heterocycles. The Morgan fingerprint density at radius 3 is 3.06 bits per heavy atom. The maximum Gasteiger partial charge on any atom is 0.0827 e. The van der Waals surface area contributed by atoms with Crippen LogP contribution in [0.2, 0.25) is 0 Å². The van der Waals surface area contributed by atoms with Crippen LogP contribution >= 0.6 is 0 Å². The largest absolute Gasteiger partial charge is 0.383 e. The van der Waals surface area contributed by atoms with E-state index in [-0.39, 0.29) is 0 Å². The molecule has 2 heterocycles. The topological polar surface area (TPSA) is 33.7 Å². The van der Waals surface area contributed by atoms with Gasteiger partial charge in [0.05, 0.1) is 19.3 Å². The molecule has 0 radical (unpaired) electrons. The van der Waals surface area contributed by atoms with Gasteiger partial charge in [0.1, 0.15) is 0 Å². The first-order valence-corrected chi connectivity index (χ1v) is 7.45. The predicted molar refractivity (Wildman–Crippen MR) is 70.7 cm³/mol. The molecule has 2 aliphatic heterocycles. The van der Waals surface area contributed by atoms with Crippen LogP contribution in [0.5, 0.6) is 0 Å². The van der Waals surface area contributed by atoms with Crippen molar-refractivity contribution in [1.29, 1.82) is 0 Å². The van der Waals surface area contributed by atoms with Crippen molar-refractivity contribution < 1.29 is 9.47 Å². The molecule has 2 saturated heterocycles. The first kappa shape index (κ1) is 12.9. The zero-order valence-corrected chi connectivity index (χ0v) is 11.4. The minimum Gasteiger partial charge on any atom is -0.383 e. The fourth-order valence-electron chi connectivity index (χ4n) is 3.33. The van der Waals surface area contributed by atoms with Gasteiger partial charge in [-0.2, -0.15) is 0 Å². The van der Waals surface area contributed by atoms with Gasteiger partial charge in [0.2, 0.25) is 0 Å². The molecule has 18 heavy (non-hydrogen) atoms. The highest BCUT2D eigenvalue weighted by Crippen LogP contribution is 2.32. The molecule has 4 nitrogen and oxygen atoms in total. The van der Waals surface area contributed by atoms with Crippen LogP contribution in [0.4, 0.5) is 0 Å². The Morgan fingerprint density at radius 1 is 1.39 bits per heavy atom. The molecular weight excluding hydrogens is 228 g/mol. The Labute approximate surface area is 110 Å². The average Bonchev–Trinajstić information content (AvgIpc) is 3.12. The summed E-state index contributed by atoms with van der Waals surface area (Å²) in [4.78, 5) is 2.61. The van der Waals surface area contributed by atoms with Crippen LogP contribution in [0.1, 0.15) is 25.7 Å². The van der Waals surface area contributed by atoms with Gasteiger partial charge < -0.3 is 14.8 Å². The zero-order valence-electron chi connectivity index (χ0n) is 11.4. The Hall–Kier alpha value is -0.160. The van der Waals surface area contributed by atoms with Crippen LogP contribution in [-0.4, -0.2) is 63.0 Å². The Morgan fingerprint density at radius 2 is 2.28 bits per heavy atom. The van der Waals surface area contributed by atoms with E-state index in [4.69, 9.17) is 9.47 Å². The van der Waals surface area contributed by atoms with E-state index >= 15 is 0 Å². The van der Waals surface area contributed by atoms with E-state index in [1.54, 1.807) is 7.11 Å². The number of rotatable bonds is 6. The van der Waals surface area contributed by atoms with E-state index in [0.29, 0.717) is 18.2 Å². The van der Waals surface area contributed by atoms with Gasteiger partial charge in [-0.25, -0.2) is 0 Å². The molecule has 1 aliphatic carbocycles. The zero-order chi connectivity index (χ0) is 12.4. The van der Waals surface area contributed by atoms with Gasteiger partial charge in [-0.1, -0.05) is 0 Å². The normalized spacial score (nSPS) is 34.5. The average molecular weight is 254 g/mol. The van der Waals surface area contributed by atoms with Crippen LogP contribution in [0.3, 0.4) is 0 Å². The monoisotopic (exact) mass is 254 g/mol. The smallest absolute Gasteiger partial charge is 0.0827 e. The highest BCUT2D eigenvalue weighted by Gasteiger charge is 2.34. The van der Waals surface area contributed by atoms with Crippen LogP contribution in [0.25, 0.3) is 0 Å². The van der Waals surface area contributed by atoms with Gasteiger partial charge in [0.25, 0.3) is 0 Å². The van der Waals surface area contributed by atoms with Crippen molar-refractivity contribution in [1.82, 2.24) is 10.2 Å². The summed E-state index contributed by atoms with van der Waals surface area (Å²) in [7, 11) is 1.79. The summed E-state index contributed by atoms with van der Waals surface area (Å²) in [6, 6.07) is 1.24. The molecule has 0 spiro atoms. The minimum atomic E-state index is 0.373. The van der Waals surface area contributed by atoms with Crippen LogP contribution in [0, 0.1) is 5.92 Å². The number of ether oxygens (including phenoxy) is 2. The Bertz CT molecular complexity index is 271. The number of nitrogens with one attached hydrogen (secondary N) is 1. The molecule has 3 unspecified atom stereocenters. The fourth-order valence-corrected chi connectivity index (χ4v) is 3.33. The van der Waals surface area contributed by atoms with Crippen molar-refractivity contribution in [2.45, 2.75) is 43.9 Å². The van der Waals surface area contributed by atoms with Crippen molar-refractivity contribution >= 4 is 0 Å². The molecule has 3 rings (SSSR count). The van der Waals surface area contributed by atoms with Gasteiger partial charge in [0, 0.05) is 32.3 Å². The van der Waals surface area contributed by atoms with Crippen LogP contribution in [0.15, 0.2) is 0 Å². The van der Waals surface area contributed by atoms with E-state index in [1.165, 1.54) is 32.2 Å². The van der Waals surface area contributed by atoms with Crippen LogP contribution < -0.4 is 5.32 Å². The first-order chi connectivity index (χ1) is 8.86. The molecule has 0 aromatic carbocycles. The molecule has 3 aliphatic rings. The van der Waals surface area contributed by atoms with Crippen molar-refractivity contribution in [3.8, 4) is 0 Å². The summed E-state index contributed by atoms with van der Waals surface area (Å²) >= 11 is 0. The summed E-state index contributed by atoms with van der Waals surface area (Å²) in [6.07, 6.45) is 5.77. The van der Waals surface area contributed by atoms with Crippen molar-refractivity contribution in [3.05, 3.63) is 0 Å². The Balaban J connectivity index is 1.42. The van der Waals surface area contributed by atoms with Crippen molar-refractivity contribution in [3.63, 3.8) is 0 Å². The molecule has 0 aromatic rings. The Kier molecular flexibility index (Phi) is 4.19. The molecule has 0 bridgehead atoms. The minimum absolute atomic E-state index is 0.373. The van der Waals surface area contributed by atoms with Crippen molar-refractivity contribution in [2.75, 3.05) is 40.0 Å². The first-order valence-electron chi connectivity index (χ1n) is 7.45. The second-order valence-corrected chi connectivity index (χ2v) is 6.05. The third-order valence-electron chi connectivity index (χ3n) is 4.61. The van der Waals surface area contributed by atoms with Crippen molar-refractivity contribution in [2.24, 2.45) is 5.92 Å². The molecule has 4 heteroatoms. The number of hydrogen-bond donors (Lipinski definition) is 1. The SMILES string of the molecule is COCC(NCC1CN2CCCC2CO1)C1CC1. The third-order valence-corrected chi connectivity index (χ3v) is 4.61. The second kappa shape index (κ2) is 5.87. The number of fused-ring (bicyclic) bond motifs is 1. The van der Waals surface area contributed by atoms with Gasteiger partial charge >= 0.3 is 0 Å². The number of hydrogen-bond acceptors (Lipinski definition) is 4.